The molecule has 1 fully saturated rings. The molecule has 0 amide bonds. The molecule has 1 aliphatic rings. The number of methoxy groups -OCH3 is 1. The fourth-order valence-corrected chi connectivity index (χ4v) is 4.68. The second-order valence-electron chi connectivity index (χ2n) is 5.07. The molecule has 1 unspecified atom stereocenters. The lowest BCUT2D eigenvalue weighted by atomic mass is 10.3. The molecule has 1 aliphatic carbocycles. The van der Waals surface area contributed by atoms with Crippen molar-refractivity contribution in [3.8, 4) is 0 Å². The van der Waals surface area contributed by atoms with Gasteiger partial charge in [-0.2, -0.15) is 0 Å². The summed E-state index contributed by atoms with van der Waals surface area (Å²) in [7, 11) is -6.12. The Bertz CT molecular complexity index is 742. The van der Waals surface area contributed by atoms with Crippen LogP contribution in [0.4, 0.5) is 0 Å². The van der Waals surface area contributed by atoms with Crippen LogP contribution >= 0.6 is 0 Å². The quantitative estimate of drug-likeness (QED) is 0.741. The number of rotatable bonds is 5. The molecule has 1 aromatic carbocycles. The summed E-state index contributed by atoms with van der Waals surface area (Å²) in [5.41, 5.74) is 0. The van der Waals surface area contributed by atoms with Gasteiger partial charge in [0.25, 0.3) is 0 Å². The molecule has 0 radical (unpaired) electrons. The lowest BCUT2D eigenvalue weighted by Crippen LogP contribution is -2.33. The molecule has 116 valence electrons. The van der Waals surface area contributed by atoms with Gasteiger partial charge in [-0.15, -0.1) is 0 Å². The van der Waals surface area contributed by atoms with Crippen molar-refractivity contribution in [3.63, 3.8) is 0 Å². The van der Waals surface area contributed by atoms with Gasteiger partial charge in [0.1, 0.15) is 0 Å². The molecule has 1 saturated carbocycles. The minimum Gasteiger partial charge on any atom is -0.468 e. The molecule has 0 aliphatic heterocycles. The lowest BCUT2D eigenvalue weighted by molar-refractivity contribution is -0.140. The summed E-state index contributed by atoms with van der Waals surface area (Å²) in [4.78, 5) is 11.7. The van der Waals surface area contributed by atoms with Crippen molar-refractivity contribution >= 4 is 25.6 Å². The van der Waals surface area contributed by atoms with Crippen LogP contribution in [0, 0.1) is 5.92 Å². The predicted octanol–water partition coefficient (Wildman–Crippen LogP) is 0.815. The summed E-state index contributed by atoms with van der Waals surface area (Å²) in [6.07, 6.45) is 2.37. The Morgan fingerprint density at radius 1 is 1.10 bits per heavy atom. The van der Waals surface area contributed by atoms with Crippen LogP contribution in [0.3, 0.4) is 0 Å². The molecule has 6 nitrogen and oxygen atoms in total. The monoisotopic (exact) mass is 332 g/mol. The Kier molecular flexibility index (Phi) is 4.12. The highest BCUT2D eigenvalue weighted by molar-refractivity contribution is 7.93. The average Bonchev–Trinajstić information content (AvgIpc) is 3.22. The number of hydrogen-bond donors (Lipinski definition) is 0. The van der Waals surface area contributed by atoms with E-state index in [1.807, 2.05) is 0 Å². The third-order valence-corrected chi connectivity index (χ3v) is 6.70. The minimum absolute atomic E-state index is 0.0301. The van der Waals surface area contributed by atoms with Crippen molar-refractivity contribution < 1.29 is 26.4 Å². The van der Waals surface area contributed by atoms with Crippen molar-refractivity contribution in [2.75, 3.05) is 13.4 Å². The second kappa shape index (κ2) is 5.42. The standard InChI is InChI=1S/C13H16O6S2/c1-19-13(14)12(9-3-4-9)21(17,18)11-7-5-10(6-8-11)20(2,15)16/h5-9,12H,3-4H2,1-2H3. The third kappa shape index (κ3) is 3.26. The zero-order valence-electron chi connectivity index (χ0n) is 11.6. The van der Waals surface area contributed by atoms with Crippen LogP contribution in [0.1, 0.15) is 12.8 Å². The summed E-state index contributed by atoms with van der Waals surface area (Å²) in [5, 5.41) is -1.22. The molecular weight excluding hydrogens is 316 g/mol. The van der Waals surface area contributed by atoms with Crippen molar-refractivity contribution in [2.24, 2.45) is 5.92 Å². The summed E-state index contributed by atoms with van der Waals surface area (Å²) >= 11 is 0. The number of esters is 1. The van der Waals surface area contributed by atoms with Crippen LogP contribution in [-0.4, -0.2) is 41.4 Å². The van der Waals surface area contributed by atoms with Crippen LogP contribution in [-0.2, 0) is 29.2 Å². The predicted molar refractivity (Wildman–Crippen MR) is 75.3 cm³/mol. The zero-order chi connectivity index (χ0) is 15.8. The molecule has 8 heteroatoms. The first kappa shape index (κ1) is 16.0. The van der Waals surface area contributed by atoms with Gasteiger partial charge in [-0.1, -0.05) is 0 Å². The molecular formula is C13H16O6S2. The van der Waals surface area contributed by atoms with E-state index in [2.05, 4.69) is 4.74 Å². The summed E-state index contributed by atoms with van der Waals surface area (Å²) in [6.45, 7) is 0. The van der Waals surface area contributed by atoms with E-state index >= 15 is 0 Å². The zero-order valence-corrected chi connectivity index (χ0v) is 13.3. The van der Waals surface area contributed by atoms with Crippen molar-refractivity contribution in [3.05, 3.63) is 24.3 Å². The topological polar surface area (TPSA) is 94.6 Å². The Balaban J connectivity index is 2.41. The van der Waals surface area contributed by atoms with E-state index in [1.54, 1.807) is 0 Å². The highest BCUT2D eigenvalue weighted by atomic mass is 32.2. The van der Waals surface area contributed by atoms with E-state index in [0.29, 0.717) is 12.8 Å². The minimum atomic E-state index is -3.88. The maximum atomic E-state index is 12.5. The van der Waals surface area contributed by atoms with E-state index < -0.39 is 30.9 Å². The molecule has 0 bridgehead atoms. The number of carbonyl (C=O) groups is 1. The van der Waals surface area contributed by atoms with Crippen LogP contribution in [0.2, 0.25) is 0 Å². The highest BCUT2D eigenvalue weighted by Crippen LogP contribution is 2.39. The molecule has 1 aromatic rings. The van der Waals surface area contributed by atoms with Gasteiger partial charge in [-0.3, -0.25) is 4.79 Å². The first-order chi connectivity index (χ1) is 9.67. The number of carbonyl (C=O) groups excluding carboxylic acids is 1. The molecule has 0 saturated heterocycles. The van der Waals surface area contributed by atoms with Gasteiger partial charge in [-0.25, -0.2) is 16.8 Å². The normalized spacial score (nSPS) is 17.2. The SMILES string of the molecule is COC(=O)C(C1CC1)S(=O)(=O)c1ccc(S(C)(=O)=O)cc1. The maximum Gasteiger partial charge on any atom is 0.324 e. The van der Waals surface area contributed by atoms with Crippen LogP contribution < -0.4 is 0 Å². The fraction of sp³-hybridized carbons (Fsp3) is 0.462. The number of benzene rings is 1. The van der Waals surface area contributed by atoms with Crippen LogP contribution in [0.15, 0.2) is 34.1 Å². The molecule has 0 aromatic heterocycles. The van der Waals surface area contributed by atoms with Crippen LogP contribution in [0.5, 0.6) is 0 Å². The molecule has 2 rings (SSSR count). The van der Waals surface area contributed by atoms with E-state index in [9.17, 15) is 21.6 Å². The van der Waals surface area contributed by atoms with Gasteiger partial charge < -0.3 is 4.74 Å². The van der Waals surface area contributed by atoms with Gasteiger partial charge in [0.2, 0.25) is 0 Å². The first-order valence-electron chi connectivity index (χ1n) is 6.30. The average molecular weight is 332 g/mol. The van der Waals surface area contributed by atoms with Gasteiger partial charge in [0, 0.05) is 6.26 Å². The Labute approximate surface area is 124 Å². The van der Waals surface area contributed by atoms with E-state index in [4.69, 9.17) is 0 Å². The molecule has 0 spiro atoms. The summed E-state index contributed by atoms with van der Waals surface area (Å²) < 4.78 is 52.4. The fourth-order valence-electron chi connectivity index (χ4n) is 2.11. The van der Waals surface area contributed by atoms with E-state index in [-0.39, 0.29) is 15.7 Å². The van der Waals surface area contributed by atoms with Gasteiger partial charge in [0.15, 0.2) is 24.9 Å². The number of hydrogen-bond acceptors (Lipinski definition) is 6. The van der Waals surface area contributed by atoms with Gasteiger partial charge >= 0.3 is 5.97 Å². The number of ether oxygens (including phenoxy) is 1. The van der Waals surface area contributed by atoms with Gasteiger partial charge in [0.05, 0.1) is 16.9 Å². The third-order valence-electron chi connectivity index (χ3n) is 3.40. The second-order valence-corrected chi connectivity index (χ2v) is 9.15. The maximum absolute atomic E-state index is 12.5. The molecule has 0 heterocycles. The Morgan fingerprint density at radius 3 is 1.95 bits per heavy atom. The van der Waals surface area contributed by atoms with E-state index in [0.717, 1.165) is 13.4 Å². The van der Waals surface area contributed by atoms with Crippen molar-refractivity contribution in [1.82, 2.24) is 0 Å². The van der Waals surface area contributed by atoms with Crippen molar-refractivity contribution in [1.29, 1.82) is 0 Å². The highest BCUT2D eigenvalue weighted by Gasteiger charge is 2.46. The summed E-state index contributed by atoms with van der Waals surface area (Å²) in [6, 6.07) is 4.88. The van der Waals surface area contributed by atoms with Crippen LogP contribution in [0.25, 0.3) is 0 Å². The summed E-state index contributed by atoms with van der Waals surface area (Å²) in [5.74, 6) is -0.998. The smallest absolute Gasteiger partial charge is 0.324 e. The molecule has 1 atom stereocenters. The lowest BCUT2D eigenvalue weighted by Gasteiger charge is -2.15. The van der Waals surface area contributed by atoms with E-state index in [1.165, 1.54) is 24.3 Å². The Hall–Kier alpha value is -1.41. The number of sulfone groups is 2. The first-order valence-corrected chi connectivity index (χ1v) is 9.73. The molecule has 21 heavy (non-hydrogen) atoms. The van der Waals surface area contributed by atoms with Gasteiger partial charge in [-0.05, 0) is 43.0 Å². The largest absolute Gasteiger partial charge is 0.468 e. The Morgan fingerprint density at radius 2 is 1.57 bits per heavy atom. The molecule has 0 N–H and O–H groups in total. The van der Waals surface area contributed by atoms with Crippen molar-refractivity contribution in [2.45, 2.75) is 27.9 Å².